The molecule has 1 aliphatic heterocycles. The molecule has 2 aliphatic rings. The van der Waals surface area contributed by atoms with E-state index in [1.54, 1.807) is 0 Å². The van der Waals surface area contributed by atoms with Crippen LogP contribution in [0, 0.1) is 0 Å². The van der Waals surface area contributed by atoms with E-state index in [1.165, 1.54) is 0 Å². The number of carbonyl (C=O) groups is 2. The second-order valence-corrected chi connectivity index (χ2v) is 10.9. The maximum Gasteiger partial charge on any atom is 0.408 e. The lowest BCUT2D eigenvalue weighted by molar-refractivity contribution is -0.124. The van der Waals surface area contributed by atoms with Crippen molar-refractivity contribution in [2.24, 2.45) is 0 Å². The van der Waals surface area contributed by atoms with Crippen LogP contribution in [0.4, 0.5) is 10.5 Å². The monoisotopic (exact) mass is 515 g/mol. The molecule has 8 nitrogen and oxygen atoms in total. The van der Waals surface area contributed by atoms with Crippen LogP contribution >= 0.6 is 0 Å². The fourth-order valence-electron chi connectivity index (χ4n) is 4.90. The number of carbonyl (C=O) groups excluding carboxylic acids is 2. The minimum Gasteiger partial charge on any atom is -0.463 e. The van der Waals surface area contributed by atoms with Crippen LogP contribution in [0.3, 0.4) is 0 Å². The number of amides is 2. The summed E-state index contributed by atoms with van der Waals surface area (Å²) in [6, 6.07) is 19.8. The molecule has 5 rings (SSSR count). The number of hydrogen-bond donors (Lipinski definition) is 3. The quantitative estimate of drug-likeness (QED) is 0.405. The number of ether oxygens (including phenoxy) is 2. The third-order valence-electron chi connectivity index (χ3n) is 6.93. The van der Waals surface area contributed by atoms with E-state index >= 15 is 0 Å². The van der Waals surface area contributed by atoms with Crippen molar-refractivity contribution < 1.29 is 24.2 Å². The molecule has 1 atom stereocenters. The van der Waals surface area contributed by atoms with Gasteiger partial charge < -0.3 is 25.2 Å². The molecule has 0 saturated heterocycles. The molecular formula is C30H33N3O5. The van der Waals surface area contributed by atoms with Gasteiger partial charge in [0.1, 0.15) is 11.3 Å². The lowest BCUT2D eigenvalue weighted by Gasteiger charge is -2.43. The molecule has 2 aromatic carbocycles. The highest BCUT2D eigenvalue weighted by molar-refractivity contribution is 5.99. The van der Waals surface area contributed by atoms with Crippen LogP contribution in [0.1, 0.15) is 52.0 Å². The molecule has 2 amide bonds. The number of fused-ring (bicyclic) bond motifs is 1. The van der Waals surface area contributed by atoms with Gasteiger partial charge in [-0.05, 0) is 57.2 Å². The summed E-state index contributed by atoms with van der Waals surface area (Å²) in [6.07, 6.45) is 1.69. The molecule has 3 aromatic rings. The summed E-state index contributed by atoms with van der Waals surface area (Å²) >= 11 is 0. The minimum absolute atomic E-state index is 0.164. The Bertz CT molecular complexity index is 1330. The summed E-state index contributed by atoms with van der Waals surface area (Å²) < 4.78 is 11.4. The van der Waals surface area contributed by atoms with Gasteiger partial charge in [0, 0.05) is 24.2 Å². The van der Waals surface area contributed by atoms with E-state index in [2.05, 4.69) is 10.6 Å². The van der Waals surface area contributed by atoms with Crippen molar-refractivity contribution >= 4 is 17.7 Å². The first-order valence-electron chi connectivity index (χ1n) is 13.0. The Morgan fingerprint density at radius 3 is 2.45 bits per heavy atom. The Labute approximate surface area is 222 Å². The lowest BCUT2D eigenvalue weighted by Crippen LogP contribution is -2.52. The van der Waals surface area contributed by atoms with Crippen LogP contribution in [0.15, 0.2) is 60.7 Å². The average molecular weight is 516 g/mol. The van der Waals surface area contributed by atoms with Crippen LogP contribution in [0.25, 0.3) is 22.4 Å². The van der Waals surface area contributed by atoms with Gasteiger partial charge in [0.2, 0.25) is 5.88 Å². The first kappa shape index (κ1) is 25.7. The molecule has 3 N–H and O–H groups in total. The van der Waals surface area contributed by atoms with Gasteiger partial charge >= 0.3 is 6.09 Å². The topological polar surface area (TPSA) is 110 Å². The molecule has 0 radical (unpaired) electrons. The third-order valence-corrected chi connectivity index (χ3v) is 6.93. The van der Waals surface area contributed by atoms with Gasteiger partial charge in [0.05, 0.1) is 11.2 Å². The number of anilines is 1. The summed E-state index contributed by atoms with van der Waals surface area (Å²) in [5.74, 6) is 0.0246. The van der Waals surface area contributed by atoms with E-state index in [0.717, 1.165) is 41.5 Å². The number of pyridine rings is 1. The number of aliphatic hydroxyl groups excluding tert-OH is 1. The van der Waals surface area contributed by atoms with E-state index in [0.29, 0.717) is 17.3 Å². The van der Waals surface area contributed by atoms with E-state index in [9.17, 15) is 14.7 Å². The summed E-state index contributed by atoms with van der Waals surface area (Å²) in [4.78, 5) is 29.8. The number of aromatic nitrogens is 1. The van der Waals surface area contributed by atoms with Crippen LogP contribution in [-0.4, -0.2) is 40.4 Å². The summed E-state index contributed by atoms with van der Waals surface area (Å²) in [7, 11) is 0. The first-order chi connectivity index (χ1) is 18.2. The molecular weight excluding hydrogens is 482 g/mol. The van der Waals surface area contributed by atoms with E-state index in [-0.39, 0.29) is 18.9 Å². The Hall–Kier alpha value is -3.91. The number of nitrogens with zero attached hydrogens (tertiary/aromatic N) is 1. The highest BCUT2D eigenvalue weighted by Crippen LogP contribution is 2.43. The molecule has 2 heterocycles. The van der Waals surface area contributed by atoms with Gasteiger partial charge in [-0.2, -0.15) is 0 Å². The largest absolute Gasteiger partial charge is 0.463 e. The summed E-state index contributed by atoms with van der Waals surface area (Å²) in [6.45, 7) is 5.40. The van der Waals surface area contributed by atoms with Crippen LogP contribution in [0.5, 0.6) is 5.88 Å². The van der Waals surface area contributed by atoms with Gasteiger partial charge in [0.25, 0.3) is 5.91 Å². The van der Waals surface area contributed by atoms with Crippen molar-refractivity contribution in [1.29, 1.82) is 0 Å². The molecule has 1 fully saturated rings. The Morgan fingerprint density at radius 1 is 1.13 bits per heavy atom. The van der Waals surface area contributed by atoms with Gasteiger partial charge in [0.15, 0.2) is 6.10 Å². The van der Waals surface area contributed by atoms with Crippen LogP contribution in [-0.2, 0) is 15.1 Å². The maximum atomic E-state index is 12.6. The summed E-state index contributed by atoms with van der Waals surface area (Å²) in [5.41, 5.74) is 3.90. The zero-order valence-corrected chi connectivity index (χ0v) is 21.9. The number of nitrogens with one attached hydrogen (secondary N) is 2. The molecule has 0 bridgehead atoms. The SMILES string of the molecule is CC(C)(C)OC(=O)NC1(c2ccc(-c3nc4c(cc3-c3ccccc3)NC(=O)C(CCO)O4)cc2)CCC1. The van der Waals surface area contributed by atoms with Gasteiger partial charge in [-0.25, -0.2) is 9.78 Å². The summed E-state index contributed by atoms with van der Waals surface area (Å²) in [5, 5.41) is 15.3. The van der Waals surface area contributed by atoms with Crippen LogP contribution in [0.2, 0.25) is 0 Å². The van der Waals surface area contributed by atoms with Crippen molar-refractivity contribution in [3.05, 3.63) is 66.2 Å². The van der Waals surface area contributed by atoms with Gasteiger partial charge in [-0.15, -0.1) is 0 Å². The fraction of sp³-hybridized carbons (Fsp3) is 0.367. The third kappa shape index (κ3) is 5.22. The molecule has 8 heteroatoms. The maximum absolute atomic E-state index is 12.6. The number of benzene rings is 2. The van der Waals surface area contributed by atoms with E-state index in [4.69, 9.17) is 14.5 Å². The first-order valence-corrected chi connectivity index (χ1v) is 13.0. The van der Waals surface area contributed by atoms with Gasteiger partial charge in [-0.1, -0.05) is 54.6 Å². The normalized spacial score (nSPS) is 17.9. The molecule has 1 aliphatic carbocycles. The zero-order chi connectivity index (χ0) is 26.9. The molecule has 38 heavy (non-hydrogen) atoms. The van der Waals surface area contributed by atoms with Crippen molar-refractivity contribution in [2.45, 2.75) is 63.7 Å². The number of rotatable bonds is 6. The minimum atomic E-state index is -0.796. The number of aliphatic hydroxyl groups is 1. The average Bonchev–Trinajstić information content (AvgIpc) is 2.86. The zero-order valence-electron chi connectivity index (χ0n) is 21.9. The Balaban J connectivity index is 1.50. The van der Waals surface area contributed by atoms with Crippen LogP contribution < -0.4 is 15.4 Å². The second kappa shape index (κ2) is 10.1. The predicted octanol–water partition coefficient (Wildman–Crippen LogP) is 5.40. The molecule has 1 aromatic heterocycles. The number of hydrogen-bond acceptors (Lipinski definition) is 6. The van der Waals surface area contributed by atoms with Crippen molar-refractivity contribution in [3.8, 4) is 28.3 Å². The molecule has 198 valence electrons. The second-order valence-electron chi connectivity index (χ2n) is 10.9. The molecule has 0 spiro atoms. The van der Waals surface area contributed by atoms with Gasteiger partial charge in [-0.3, -0.25) is 4.79 Å². The molecule has 1 unspecified atom stereocenters. The van der Waals surface area contributed by atoms with E-state index < -0.39 is 23.3 Å². The Kier molecular flexibility index (Phi) is 6.84. The van der Waals surface area contributed by atoms with E-state index in [1.807, 2.05) is 81.4 Å². The highest BCUT2D eigenvalue weighted by Gasteiger charge is 2.41. The highest BCUT2D eigenvalue weighted by atomic mass is 16.6. The smallest absolute Gasteiger partial charge is 0.408 e. The standard InChI is InChI=1S/C30H33N3O5/c1-29(2,3)38-28(36)33-30(15-7-16-30)21-12-10-20(11-13-21)25-22(19-8-5-4-6-9-19)18-23-27(32-25)37-24(14-17-34)26(35)31-23/h4-6,8-13,18,24,34H,7,14-17H2,1-3H3,(H,31,35)(H,33,36). The van der Waals surface area contributed by atoms with Crippen molar-refractivity contribution in [2.75, 3.05) is 11.9 Å². The fourth-order valence-corrected chi connectivity index (χ4v) is 4.90. The van der Waals surface area contributed by atoms with Crippen molar-refractivity contribution in [1.82, 2.24) is 10.3 Å². The van der Waals surface area contributed by atoms with Crippen molar-refractivity contribution in [3.63, 3.8) is 0 Å². The number of alkyl carbamates (subject to hydrolysis) is 1. The Morgan fingerprint density at radius 2 is 1.84 bits per heavy atom. The predicted molar refractivity (Wildman–Crippen MR) is 145 cm³/mol. The molecule has 1 saturated carbocycles. The lowest BCUT2D eigenvalue weighted by atomic mass is 9.71.